The number of ether oxygens (including phenoxy) is 1. The van der Waals surface area contributed by atoms with Crippen molar-refractivity contribution >= 4 is 17.5 Å². The average molecular weight is 398 g/mol. The molecule has 156 valence electrons. The minimum absolute atomic E-state index is 0.0419. The minimum Gasteiger partial charge on any atom is -0.484 e. The van der Waals surface area contributed by atoms with Crippen LogP contribution < -0.4 is 15.4 Å². The molecule has 0 aromatic heterocycles. The third-order valence-corrected chi connectivity index (χ3v) is 4.39. The van der Waals surface area contributed by atoms with Crippen LogP contribution in [0.3, 0.4) is 0 Å². The first-order valence-corrected chi connectivity index (χ1v) is 9.78. The van der Waals surface area contributed by atoms with E-state index in [0.717, 1.165) is 11.1 Å². The molecule has 0 atom stereocenters. The van der Waals surface area contributed by atoms with Crippen molar-refractivity contribution < 1.29 is 14.3 Å². The quantitative estimate of drug-likeness (QED) is 0.681. The normalized spacial score (nSPS) is 10.9. The van der Waals surface area contributed by atoms with Crippen molar-refractivity contribution in [2.75, 3.05) is 32.6 Å². The van der Waals surface area contributed by atoms with Gasteiger partial charge in [-0.3, -0.25) is 9.59 Å². The largest absolute Gasteiger partial charge is 0.484 e. The summed E-state index contributed by atoms with van der Waals surface area (Å²) in [4.78, 5) is 25.8. The first kappa shape index (κ1) is 22.4. The zero-order valence-corrected chi connectivity index (χ0v) is 17.9. The Balaban J connectivity index is 1.82. The molecule has 2 amide bonds. The molecule has 2 rings (SSSR count). The first-order chi connectivity index (χ1) is 13.7. The Bertz CT molecular complexity index is 847. The summed E-state index contributed by atoms with van der Waals surface area (Å²) in [5.41, 5.74) is 4.05. The molecule has 0 spiro atoms. The number of hydrogen-bond donors (Lipinski definition) is 2. The van der Waals surface area contributed by atoms with Gasteiger partial charge >= 0.3 is 0 Å². The molecule has 0 unspecified atom stereocenters. The molecule has 0 aliphatic carbocycles. The number of rotatable bonds is 9. The fraction of sp³-hybridized carbons (Fsp3) is 0.391. The van der Waals surface area contributed by atoms with Crippen molar-refractivity contribution in [3.8, 4) is 5.75 Å². The molecule has 0 radical (unpaired) electrons. The summed E-state index contributed by atoms with van der Waals surface area (Å²) < 4.78 is 5.61. The third kappa shape index (κ3) is 7.58. The highest BCUT2D eigenvalue weighted by Gasteiger charge is 2.08. The van der Waals surface area contributed by atoms with E-state index in [2.05, 4.69) is 24.5 Å². The molecular formula is C23H31N3O3. The molecule has 2 N–H and O–H groups in total. The van der Waals surface area contributed by atoms with Crippen LogP contribution in [0.1, 0.15) is 36.5 Å². The summed E-state index contributed by atoms with van der Waals surface area (Å²) in [6, 6.07) is 13.3. The predicted octanol–water partition coefficient (Wildman–Crippen LogP) is 3.31. The lowest BCUT2D eigenvalue weighted by Crippen LogP contribution is -2.28. The van der Waals surface area contributed by atoms with E-state index in [-0.39, 0.29) is 18.4 Å². The summed E-state index contributed by atoms with van der Waals surface area (Å²) in [6.07, 6.45) is 0. The number of amides is 2. The second-order valence-electron chi connectivity index (χ2n) is 7.72. The number of anilines is 1. The number of likely N-dealkylation sites (N-methyl/N-ethyl adjacent to an activating group) is 1. The number of nitrogens with zero attached hydrogens (tertiary/aromatic N) is 1. The van der Waals surface area contributed by atoms with Crippen molar-refractivity contribution in [3.05, 3.63) is 59.2 Å². The van der Waals surface area contributed by atoms with E-state index in [4.69, 9.17) is 4.74 Å². The highest BCUT2D eigenvalue weighted by molar-refractivity contribution is 5.92. The van der Waals surface area contributed by atoms with Crippen LogP contribution in [0.2, 0.25) is 0 Å². The van der Waals surface area contributed by atoms with Gasteiger partial charge < -0.3 is 20.3 Å². The molecule has 29 heavy (non-hydrogen) atoms. The molecule has 0 aliphatic rings. The number of carbonyl (C=O) groups excluding carboxylic acids is 2. The maximum atomic E-state index is 12.1. The van der Waals surface area contributed by atoms with Crippen molar-refractivity contribution in [1.29, 1.82) is 0 Å². The van der Waals surface area contributed by atoms with Crippen molar-refractivity contribution in [1.82, 2.24) is 10.2 Å². The van der Waals surface area contributed by atoms with E-state index in [9.17, 15) is 9.59 Å². The van der Waals surface area contributed by atoms with Crippen molar-refractivity contribution in [2.24, 2.45) is 0 Å². The van der Waals surface area contributed by atoms with Crippen molar-refractivity contribution in [3.63, 3.8) is 0 Å². The van der Waals surface area contributed by atoms with Crippen LogP contribution in [0.4, 0.5) is 5.69 Å². The Morgan fingerprint density at radius 1 is 1.07 bits per heavy atom. The molecule has 0 bridgehead atoms. The zero-order valence-electron chi connectivity index (χ0n) is 17.9. The van der Waals surface area contributed by atoms with Crippen LogP contribution in [0.15, 0.2) is 42.5 Å². The fourth-order valence-corrected chi connectivity index (χ4v) is 3.03. The Morgan fingerprint density at radius 3 is 2.48 bits per heavy atom. The van der Waals surface area contributed by atoms with Crippen LogP contribution >= 0.6 is 0 Å². The number of benzene rings is 2. The van der Waals surface area contributed by atoms with Crippen LogP contribution in [-0.4, -0.2) is 44.0 Å². The van der Waals surface area contributed by atoms with E-state index in [0.29, 0.717) is 30.4 Å². The maximum absolute atomic E-state index is 12.1. The zero-order chi connectivity index (χ0) is 21.4. The van der Waals surface area contributed by atoms with Gasteiger partial charge in [-0.2, -0.15) is 0 Å². The lowest BCUT2D eigenvalue weighted by atomic mass is 9.98. The molecule has 2 aromatic rings. The summed E-state index contributed by atoms with van der Waals surface area (Å²) in [5, 5.41) is 5.69. The van der Waals surface area contributed by atoms with Crippen LogP contribution in [-0.2, 0) is 16.1 Å². The highest BCUT2D eigenvalue weighted by atomic mass is 16.5. The van der Waals surface area contributed by atoms with E-state index in [1.54, 1.807) is 4.90 Å². The van der Waals surface area contributed by atoms with Gasteiger partial charge in [0, 0.05) is 12.2 Å². The number of nitrogens with one attached hydrogen (secondary N) is 2. The molecule has 6 heteroatoms. The van der Waals surface area contributed by atoms with Gasteiger partial charge in [0.1, 0.15) is 5.75 Å². The smallest absolute Gasteiger partial charge is 0.258 e. The van der Waals surface area contributed by atoms with E-state index in [1.807, 2.05) is 63.5 Å². The van der Waals surface area contributed by atoms with Gasteiger partial charge in [0.05, 0.1) is 6.54 Å². The fourth-order valence-electron chi connectivity index (χ4n) is 3.03. The third-order valence-electron chi connectivity index (χ3n) is 4.39. The summed E-state index contributed by atoms with van der Waals surface area (Å²) in [7, 11) is 3.68. The van der Waals surface area contributed by atoms with Crippen LogP contribution in [0.25, 0.3) is 0 Å². The van der Waals surface area contributed by atoms with Gasteiger partial charge in [-0.25, -0.2) is 0 Å². The lowest BCUT2D eigenvalue weighted by Gasteiger charge is -2.13. The standard InChI is InChI=1S/C23H31N3O3/c1-16(2)21-10-9-20(11-17(21)3)29-15-23(28)24-13-18-7-6-8-19(12-18)25-22(27)14-26(4)5/h6-12,16H,13-15H2,1-5H3,(H,24,28)(H,25,27). The molecule has 6 nitrogen and oxygen atoms in total. The Kier molecular flexibility index (Phi) is 8.21. The maximum Gasteiger partial charge on any atom is 0.258 e. The number of carbonyl (C=O) groups is 2. The Hall–Kier alpha value is -2.86. The van der Waals surface area contributed by atoms with Crippen molar-refractivity contribution in [2.45, 2.75) is 33.2 Å². The number of aryl methyl sites for hydroxylation is 1. The average Bonchev–Trinajstić information content (AvgIpc) is 2.64. The lowest BCUT2D eigenvalue weighted by molar-refractivity contribution is -0.123. The highest BCUT2D eigenvalue weighted by Crippen LogP contribution is 2.23. The van der Waals surface area contributed by atoms with Gasteiger partial charge in [-0.15, -0.1) is 0 Å². The van der Waals surface area contributed by atoms with Gasteiger partial charge in [0.15, 0.2) is 6.61 Å². The Labute approximate surface area is 173 Å². The van der Waals surface area contributed by atoms with Gasteiger partial charge in [-0.1, -0.05) is 32.0 Å². The predicted molar refractivity (Wildman–Crippen MR) is 116 cm³/mol. The molecule has 0 fully saturated rings. The van der Waals surface area contributed by atoms with E-state index >= 15 is 0 Å². The molecule has 0 saturated heterocycles. The SMILES string of the molecule is Cc1cc(OCC(=O)NCc2cccc(NC(=O)CN(C)C)c2)ccc1C(C)C. The molecule has 2 aromatic carbocycles. The van der Waals surface area contributed by atoms with E-state index in [1.165, 1.54) is 5.56 Å². The summed E-state index contributed by atoms with van der Waals surface area (Å²) in [6.45, 7) is 6.99. The summed E-state index contributed by atoms with van der Waals surface area (Å²) in [5.74, 6) is 0.865. The molecular weight excluding hydrogens is 366 g/mol. The topological polar surface area (TPSA) is 70.7 Å². The molecule has 0 saturated carbocycles. The van der Waals surface area contributed by atoms with Gasteiger partial charge in [-0.05, 0) is 67.9 Å². The second kappa shape index (κ2) is 10.6. The Morgan fingerprint density at radius 2 is 1.83 bits per heavy atom. The monoisotopic (exact) mass is 397 g/mol. The minimum atomic E-state index is -0.197. The van der Waals surface area contributed by atoms with E-state index < -0.39 is 0 Å². The van der Waals surface area contributed by atoms with Crippen LogP contribution in [0.5, 0.6) is 5.75 Å². The first-order valence-electron chi connectivity index (χ1n) is 9.78. The molecule has 0 aliphatic heterocycles. The molecule has 0 heterocycles. The second-order valence-corrected chi connectivity index (χ2v) is 7.72. The van der Waals surface area contributed by atoms with Crippen LogP contribution in [0, 0.1) is 6.92 Å². The van der Waals surface area contributed by atoms with Gasteiger partial charge in [0.2, 0.25) is 5.91 Å². The number of hydrogen-bond acceptors (Lipinski definition) is 4. The summed E-state index contributed by atoms with van der Waals surface area (Å²) >= 11 is 0. The van der Waals surface area contributed by atoms with Gasteiger partial charge in [0.25, 0.3) is 5.91 Å².